The van der Waals surface area contributed by atoms with Crippen molar-refractivity contribution in [1.82, 2.24) is 15.1 Å². The maximum absolute atomic E-state index is 13.5. The van der Waals surface area contributed by atoms with Crippen molar-refractivity contribution in [2.75, 3.05) is 26.2 Å². The molecule has 2 bridgehead atoms. The highest BCUT2D eigenvalue weighted by atomic mass is 16.5. The summed E-state index contributed by atoms with van der Waals surface area (Å²) in [7, 11) is 0. The van der Waals surface area contributed by atoms with Gasteiger partial charge in [0.15, 0.2) is 0 Å². The fourth-order valence-corrected chi connectivity index (χ4v) is 6.03. The van der Waals surface area contributed by atoms with E-state index in [1.807, 2.05) is 43.0 Å². The minimum Gasteiger partial charge on any atom is -0.449 e. The number of hydrogen-bond donors (Lipinski definition) is 2. The number of hydrogen-bond acceptors (Lipinski definition) is 5. The number of rotatable bonds is 7. The Morgan fingerprint density at radius 3 is 2.11 bits per heavy atom. The zero-order valence-corrected chi connectivity index (χ0v) is 20.9. The molecule has 5 rings (SSSR count). The molecule has 3 N–H and O–H groups in total. The van der Waals surface area contributed by atoms with Crippen LogP contribution in [0.25, 0.3) is 11.1 Å². The summed E-state index contributed by atoms with van der Waals surface area (Å²) in [6, 6.07) is 15.7. The Bertz CT molecular complexity index is 1120. The molecule has 8 heteroatoms. The van der Waals surface area contributed by atoms with Gasteiger partial charge in [0.25, 0.3) is 0 Å². The molecule has 2 saturated heterocycles. The van der Waals surface area contributed by atoms with Gasteiger partial charge in [0.2, 0.25) is 11.8 Å². The number of piperazine rings is 1. The molecule has 0 radical (unpaired) electrons. The number of carbonyl (C=O) groups is 3. The third kappa shape index (κ3) is 4.46. The second kappa shape index (κ2) is 9.93. The molecule has 1 aliphatic carbocycles. The van der Waals surface area contributed by atoms with E-state index in [4.69, 9.17) is 10.5 Å². The molecule has 2 aromatic carbocycles. The number of benzene rings is 2. The first-order valence-electron chi connectivity index (χ1n) is 12.8. The molecule has 0 unspecified atom stereocenters. The summed E-state index contributed by atoms with van der Waals surface area (Å²) in [6.45, 7) is 5.22. The Labute approximate surface area is 211 Å². The summed E-state index contributed by atoms with van der Waals surface area (Å²) in [5.74, 6) is -0.0135. The monoisotopic (exact) mass is 490 g/mol. The van der Waals surface area contributed by atoms with Crippen LogP contribution in [0.2, 0.25) is 0 Å². The van der Waals surface area contributed by atoms with Gasteiger partial charge in [0.05, 0.1) is 18.6 Å². The lowest BCUT2D eigenvalue weighted by Crippen LogP contribution is -2.56. The van der Waals surface area contributed by atoms with Crippen LogP contribution >= 0.6 is 0 Å². The minimum atomic E-state index is -0.668. The van der Waals surface area contributed by atoms with Gasteiger partial charge in [-0.2, -0.15) is 0 Å². The predicted octanol–water partition coefficient (Wildman–Crippen LogP) is 2.71. The third-order valence-corrected chi connectivity index (χ3v) is 7.66. The maximum atomic E-state index is 13.5. The van der Waals surface area contributed by atoms with Gasteiger partial charge in [-0.3, -0.25) is 9.59 Å². The molecule has 8 nitrogen and oxygen atoms in total. The van der Waals surface area contributed by atoms with Crippen LogP contribution in [0.1, 0.15) is 43.7 Å². The molecule has 2 aromatic rings. The van der Waals surface area contributed by atoms with Gasteiger partial charge >= 0.3 is 6.09 Å². The smallest absolute Gasteiger partial charge is 0.407 e. The van der Waals surface area contributed by atoms with E-state index < -0.39 is 12.1 Å². The van der Waals surface area contributed by atoms with Crippen LogP contribution in [-0.2, 0) is 14.3 Å². The van der Waals surface area contributed by atoms with Crippen molar-refractivity contribution in [1.29, 1.82) is 0 Å². The van der Waals surface area contributed by atoms with Crippen molar-refractivity contribution in [2.45, 2.75) is 50.7 Å². The number of carbonyl (C=O) groups excluding carboxylic acids is 3. The van der Waals surface area contributed by atoms with Gasteiger partial charge in [-0.05, 0) is 41.0 Å². The largest absolute Gasteiger partial charge is 0.449 e. The lowest BCUT2D eigenvalue weighted by Gasteiger charge is -2.36. The maximum Gasteiger partial charge on any atom is 0.407 e. The first-order chi connectivity index (χ1) is 17.4. The molecule has 3 aliphatic rings. The fraction of sp³-hybridized carbons (Fsp3) is 0.464. The Hall–Kier alpha value is -3.39. The summed E-state index contributed by atoms with van der Waals surface area (Å²) >= 11 is 0. The van der Waals surface area contributed by atoms with Gasteiger partial charge in [-0.1, -0.05) is 62.4 Å². The number of likely N-dealkylation sites (tertiary alicyclic amines) is 2. The van der Waals surface area contributed by atoms with Gasteiger partial charge < -0.3 is 25.6 Å². The van der Waals surface area contributed by atoms with E-state index in [0.717, 1.165) is 17.5 Å². The fourth-order valence-electron chi connectivity index (χ4n) is 6.03. The molecule has 0 saturated carbocycles. The van der Waals surface area contributed by atoms with E-state index in [1.165, 1.54) is 11.1 Å². The SMILES string of the molecule is CC(C)C[C@H](NC(=O)OCC1c2ccccc2-c2ccccc21)C(=O)N1C[C@@H]2C[C@H]1CN2C(=O)CN. The summed E-state index contributed by atoms with van der Waals surface area (Å²) in [6.07, 6.45) is 0.694. The number of amides is 3. The van der Waals surface area contributed by atoms with Gasteiger partial charge in [-0.25, -0.2) is 4.79 Å². The van der Waals surface area contributed by atoms with Crippen LogP contribution in [0.3, 0.4) is 0 Å². The lowest BCUT2D eigenvalue weighted by molar-refractivity contribution is -0.140. The Morgan fingerprint density at radius 2 is 1.56 bits per heavy atom. The lowest BCUT2D eigenvalue weighted by atomic mass is 9.98. The van der Waals surface area contributed by atoms with Crippen molar-refractivity contribution < 1.29 is 19.1 Å². The van der Waals surface area contributed by atoms with E-state index in [9.17, 15) is 14.4 Å². The quantitative estimate of drug-likeness (QED) is 0.621. The van der Waals surface area contributed by atoms with Crippen LogP contribution < -0.4 is 11.1 Å². The average molecular weight is 491 g/mol. The minimum absolute atomic E-state index is 0.00385. The topological polar surface area (TPSA) is 105 Å². The van der Waals surface area contributed by atoms with E-state index in [2.05, 4.69) is 29.6 Å². The predicted molar refractivity (Wildman–Crippen MR) is 136 cm³/mol. The Balaban J connectivity index is 1.23. The normalized spacial score (nSPS) is 20.9. The molecule has 0 aromatic heterocycles. The third-order valence-electron chi connectivity index (χ3n) is 7.66. The Morgan fingerprint density at radius 1 is 0.972 bits per heavy atom. The van der Waals surface area contributed by atoms with Gasteiger partial charge in [0.1, 0.15) is 12.6 Å². The average Bonchev–Trinajstić information content (AvgIpc) is 3.57. The van der Waals surface area contributed by atoms with Crippen LogP contribution in [0.5, 0.6) is 0 Å². The first kappa shape index (κ1) is 24.3. The van der Waals surface area contributed by atoms with Crippen molar-refractivity contribution in [3.05, 3.63) is 59.7 Å². The van der Waals surface area contributed by atoms with Gasteiger partial charge in [0, 0.05) is 19.0 Å². The molecule has 3 amide bonds. The van der Waals surface area contributed by atoms with E-state index in [0.29, 0.717) is 19.5 Å². The molecule has 190 valence electrons. The number of fused-ring (bicyclic) bond motifs is 5. The first-order valence-corrected chi connectivity index (χ1v) is 12.8. The highest BCUT2D eigenvalue weighted by Gasteiger charge is 2.48. The molecule has 36 heavy (non-hydrogen) atoms. The molecular weight excluding hydrogens is 456 g/mol. The summed E-state index contributed by atoms with van der Waals surface area (Å²) in [5.41, 5.74) is 10.2. The second-order valence-corrected chi connectivity index (χ2v) is 10.4. The number of ether oxygens (including phenoxy) is 1. The van der Waals surface area contributed by atoms with Crippen molar-refractivity contribution in [2.24, 2.45) is 11.7 Å². The van der Waals surface area contributed by atoms with Crippen LogP contribution in [0.4, 0.5) is 4.79 Å². The molecule has 2 fully saturated rings. The molecular formula is C28H34N4O4. The number of alkyl carbamates (subject to hydrolysis) is 1. The molecule has 3 atom stereocenters. The number of nitrogens with one attached hydrogen (secondary N) is 1. The summed E-state index contributed by atoms with van der Waals surface area (Å²) in [4.78, 5) is 42.0. The molecule has 2 aliphatic heterocycles. The van der Waals surface area contributed by atoms with Crippen LogP contribution in [0, 0.1) is 5.92 Å². The number of nitrogens with zero attached hydrogens (tertiary/aromatic N) is 2. The highest BCUT2D eigenvalue weighted by Crippen LogP contribution is 2.44. The highest BCUT2D eigenvalue weighted by molar-refractivity contribution is 5.87. The summed E-state index contributed by atoms with van der Waals surface area (Å²) in [5, 5.41) is 2.85. The van der Waals surface area contributed by atoms with E-state index >= 15 is 0 Å². The molecule has 2 heterocycles. The van der Waals surface area contributed by atoms with Gasteiger partial charge in [-0.15, -0.1) is 0 Å². The molecule has 0 spiro atoms. The second-order valence-electron chi connectivity index (χ2n) is 10.4. The van der Waals surface area contributed by atoms with E-state index in [1.54, 1.807) is 4.90 Å². The van der Waals surface area contributed by atoms with Crippen LogP contribution in [0.15, 0.2) is 48.5 Å². The van der Waals surface area contributed by atoms with Crippen molar-refractivity contribution in [3.63, 3.8) is 0 Å². The zero-order valence-electron chi connectivity index (χ0n) is 20.9. The standard InChI is InChI=1S/C28H34N4O4/c1-17(2)11-25(27(34)32-15-18-12-19(32)14-31(18)26(33)13-29)30-28(35)36-16-24-22-9-5-3-7-20(22)21-8-4-6-10-23(21)24/h3-10,17-19,24-25H,11-16,29H2,1-2H3,(H,30,35)/t18-,19-,25-/m0/s1. The summed E-state index contributed by atoms with van der Waals surface area (Å²) < 4.78 is 5.70. The van der Waals surface area contributed by atoms with Crippen molar-refractivity contribution in [3.8, 4) is 11.1 Å². The Kier molecular flexibility index (Phi) is 6.71. The number of nitrogens with two attached hydrogens (primary N) is 1. The zero-order chi connectivity index (χ0) is 25.4. The van der Waals surface area contributed by atoms with E-state index in [-0.39, 0.29) is 48.9 Å². The van der Waals surface area contributed by atoms with Crippen molar-refractivity contribution >= 4 is 17.9 Å². The van der Waals surface area contributed by atoms with Crippen LogP contribution in [-0.4, -0.2) is 72.1 Å².